The van der Waals surface area contributed by atoms with E-state index in [-0.39, 0.29) is 5.91 Å². The highest BCUT2D eigenvalue weighted by Gasteiger charge is 2.34. The van der Waals surface area contributed by atoms with Crippen molar-refractivity contribution >= 4 is 5.91 Å². The molecule has 1 atom stereocenters. The fraction of sp³-hybridized carbons (Fsp3) is 0.941. The Bertz CT molecular complexity index is 351. The van der Waals surface area contributed by atoms with Crippen molar-refractivity contribution in [1.29, 1.82) is 0 Å². The molecular formula is C17H32N2O2. The highest BCUT2D eigenvalue weighted by molar-refractivity contribution is 5.76. The van der Waals surface area contributed by atoms with E-state index >= 15 is 0 Å². The predicted molar refractivity (Wildman–Crippen MR) is 85.1 cm³/mol. The third-order valence-electron chi connectivity index (χ3n) is 5.41. The molecular weight excluding hydrogens is 264 g/mol. The van der Waals surface area contributed by atoms with Gasteiger partial charge in [0.15, 0.2) is 0 Å². The summed E-state index contributed by atoms with van der Waals surface area (Å²) in [6, 6.07) is 0.614. The maximum Gasteiger partial charge on any atom is 0.222 e. The molecule has 1 N–H and O–H groups in total. The monoisotopic (exact) mass is 296 g/mol. The Kier molecular flexibility index (Phi) is 5.67. The van der Waals surface area contributed by atoms with Crippen molar-refractivity contribution in [2.75, 3.05) is 26.2 Å². The van der Waals surface area contributed by atoms with E-state index in [0.29, 0.717) is 24.9 Å². The van der Waals surface area contributed by atoms with Gasteiger partial charge in [-0.2, -0.15) is 0 Å². The summed E-state index contributed by atoms with van der Waals surface area (Å²) in [4.78, 5) is 16.9. The molecule has 0 aromatic heterocycles. The molecule has 2 saturated heterocycles. The smallest absolute Gasteiger partial charge is 0.222 e. The van der Waals surface area contributed by atoms with Gasteiger partial charge in [0.1, 0.15) is 0 Å². The number of amides is 1. The first-order valence-corrected chi connectivity index (χ1v) is 8.68. The van der Waals surface area contributed by atoms with Crippen molar-refractivity contribution in [3.63, 3.8) is 0 Å². The Balaban J connectivity index is 1.80. The van der Waals surface area contributed by atoms with Gasteiger partial charge < -0.3 is 14.9 Å². The van der Waals surface area contributed by atoms with E-state index < -0.39 is 5.60 Å². The molecule has 0 spiro atoms. The van der Waals surface area contributed by atoms with Crippen LogP contribution >= 0.6 is 0 Å². The van der Waals surface area contributed by atoms with Gasteiger partial charge in [-0.25, -0.2) is 0 Å². The molecule has 0 aliphatic carbocycles. The second-order valence-electron chi connectivity index (χ2n) is 7.27. The fourth-order valence-corrected chi connectivity index (χ4v) is 3.66. The van der Waals surface area contributed by atoms with Gasteiger partial charge in [0, 0.05) is 25.6 Å². The number of likely N-dealkylation sites (tertiary alicyclic amines) is 2. The molecule has 0 saturated carbocycles. The molecule has 0 unspecified atom stereocenters. The van der Waals surface area contributed by atoms with Crippen LogP contribution in [0.1, 0.15) is 59.3 Å². The molecule has 0 radical (unpaired) electrons. The van der Waals surface area contributed by atoms with Gasteiger partial charge >= 0.3 is 0 Å². The fourth-order valence-electron chi connectivity index (χ4n) is 3.66. The van der Waals surface area contributed by atoms with E-state index in [1.54, 1.807) is 0 Å². The first-order chi connectivity index (χ1) is 9.93. The molecule has 4 heteroatoms. The number of rotatable bonds is 4. The Morgan fingerprint density at radius 3 is 2.52 bits per heavy atom. The van der Waals surface area contributed by atoms with Crippen LogP contribution in [-0.4, -0.2) is 58.6 Å². The van der Waals surface area contributed by atoms with E-state index in [1.807, 2.05) is 11.8 Å². The number of carbonyl (C=O) groups is 1. The van der Waals surface area contributed by atoms with Crippen LogP contribution in [0.2, 0.25) is 0 Å². The summed E-state index contributed by atoms with van der Waals surface area (Å²) >= 11 is 0. The average molecular weight is 296 g/mol. The molecule has 2 aliphatic rings. The Labute approximate surface area is 129 Å². The van der Waals surface area contributed by atoms with Gasteiger partial charge in [-0.05, 0) is 65.0 Å². The van der Waals surface area contributed by atoms with Crippen molar-refractivity contribution in [1.82, 2.24) is 9.80 Å². The van der Waals surface area contributed by atoms with Gasteiger partial charge in [0.05, 0.1) is 5.60 Å². The summed E-state index contributed by atoms with van der Waals surface area (Å²) in [7, 11) is 0. The molecule has 2 fully saturated rings. The maximum atomic E-state index is 12.5. The lowest BCUT2D eigenvalue weighted by Crippen LogP contribution is -2.50. The second kappa shape index (κ2) is 7.10. The molecule has 2 rings (SSSR count). The van der Waals surface area contributed by atoms with Crippen LogP contribution in [0.4, 0.5) is 0 Å². The molecule has 2 aliphatic heterocycles. The number of hydrogen-bond acceptors (Lipinski definition) is 3. The Hall–Kier alpha value is -0.610. The largest absolute Gasteiger partial charge is 0.388 e. The molecule has 0 bridgehead atoms. The summed E-state index contributed by atoms with van der Waals surface area (Å²) in [5.74, 6) is 0.786. The number of nitrogens with zero attached hydrogens (tertiary/aromatic N) is 2. The normalized spacial score (nSPS) is 29.1. The van der Waals surface area contributed by atoms with Crippen LogP contribution < -0.4 is 0 Å². The van der Waals surface area contributed by atoms with Crippen LogP contribution in [0.15, 0.2) is 0 Å². The van der Waals surface area contributed by atoms with Gasteiger partial charge in [0.2, 0.25) is 5.91 Å². The van der Waals surface area contributed by atoms with E-state index in [4.69, 9.17) is 0 Å². The topological polar surface area (TPSA) is 43.8 Å². The highest BCUT2D eigenvalue weighted by atomic mass is 16.3. The zero-order chi connectivity index (χ0) is 15.5. The number of β-amino-alcohol motifs (C(OH)–C–C–N with tert-alkyl or cyclic N) is 1. The standard InChI is InChI=1S/C17H32N2O2/c1-4-17(21)8-5-9-19(13-17)16(20)12-15-6-10-18(11-7-15)14(2)3/h14-15,21H,4-13H2,1-3H3/t17-/m0/s1. The molecule has 0 aromatic rings. The van der Waals surface area contributed by atoms with Crippen LogP contribution in [0.3, 0.4) is 0 Å². The minimum absolute atomic E-state index is 0.254. The number of aliphatic hydroxyl groups is 1. The first kappa shape index (κ1) is 16.8. The number of hydrogen-bond donors (Lipinski definition) is 1. The van der Waals surface area contributed by atoms with Crippen LogP contribution in [0, 0.1) is 5.92 Å². The van der Waals surface area contributed by atoms with Crippen molar-refractivity contribution in [3.05, 3.63) is 0 Å². The highest BCUT2D eigenvalue weighted by Crippen LogP contribution is 2.27. The summed E-state index contributed by atoms with van der Waals surface area (Å²) in [5.41, 5.74) is -0.644. The second-order valence-corrected chi connectivity index (χ2v) is 7.27. The van der Waals surface area contributed by atoms with Gasteiger partial charge in [-0.1, -0.05) is 6.92 Å². The zero-order valence-corrected chi connectivity index (χ0v) is 14.0. The molecule has 1 amide bonds. The minimum Gasteiger partial charge on any atom is -0.388 e. The average Bonchev–Trinajstić information content (AvgIpc) is 2.48. The lowest BCUT2D eigenvalue weighted by Gasteiger charge is -2.40. The van der Waals surface area contributed by atoms with Gasteiger partial charge in [-0.3, -0.25) is 4.79 Å². The Morgan fingerprint density at radius 2 is 1.95 bits per heavy atom. The van der Waals surface area contributed by atoms with Crippen molar-refractivity contribution in [2.24, 2.45) is 5.92 Å². The third kappa shape index (κ3) is 4.43. The van der Waals surface area contributed by atoms with Crippen molar-refractivity contribution in [2.45, 2.75) is 70.9 Å². The lowest BCUT2D eigenvalue weighted by atomic mass is 9.88. The molecule has 4 nitrogen and oxygen atoms in total. The summed E-state index contributed by atoms with van der Waals surface area (Å²) in [6.07, 6.45) is 5.45. The van der Waals surface area contributed by atoms with Gasteiger partial charge in [-0.15, -0.1) is 0 Å². The van der Waals surface area contributed by atoms with Crippen molar-refractivity contribution < 1.29 is 9.90 Å². The molecule has 122 valence electrons. The van der Waals surface area contributed by atoms with E-state index in [2.05, 4.69) is 18.7 Å². The molecule has 0 aromatic carbocycles. The van der Waals surface area contributed by atoms with Crippen LogP contribution in [-0.2, 0) is 4.79 Å². The summed E-state index contributed by atoms with van der Waals surface area (Å²) in [6.45, 7) is 10.1. The van der Waals surface area contributed by atoms with E-state index in [1.165, 1.54) is 0 Å². The molecule has 21 heavy (non-hydrogen) atoms. The van der Waals surface area contributed by atoms with Crippen LogP contribution in [0.5, 0.6) is 0 Å². The molecule has 2 heterocycles. The third-order valence-corrected chi connectivity index (χ3v) is 5.41. The van der Waals surface area contributed by atoms with Gasteiger partial charge in [0.25, 0.3) is 0 Å². The lowest BCUT2D eigenvalue weighted by molar-refractivity contribution is -0.139. The quantitative estimate of drug-likeness (QED) is 0.865. The summed E-state index contributed by atoms with van der Waals surface area (Å²) in [5, 5.41) is 10.4. The van der Waals surface area contributed by atoms with Crippen LogP contribution in [0.25, 0.3) is 0 Å². The first-order valence-electron chi connectivity index (χ1n) is 8.68. The number of piperidine rings is 2. The van der Waals surface area contributed by atoms with E-state index in [9.17, 15) is 9.90 Å². The SMILES string of the molecule is CC[C@]1(O)CCCN(C(=O)CC2CCN(C(C)C)CC2)C1. The maximum absolute atomic E-state index is 12.5. The minimum atomic E-state index is -0.644. The zero-order valence-electron chi connectivity index (χ0n) is 14.0. The van der Waals surface area contributed by atoms with Crippen molar-refractivity contribution in [3.8, 4) is 0 Å². The number of carbonyl (C=O) groups excluding carboxylic acids is 1. The predicted octanol–water partition coefficient (Wildman–Crippen LogP) is 2.26. The summed E-state index contributed by atoms with van der Waals surface area (Å²) < 4.78 is 0. The van der Waals surface area contributed by atoms with E-state index in [0.717, 1.165) is 51.7 Å². The Morgan fingerprint density at radius 1 is 1.29 bits per heavy atom.